The summed E-state index contributed by atoms with van der Waals surface area (Å²) in [5.74, 6) is -1.71. The molecule has 2 amide bonds. The van der Waals surface area contributed by atoms with Gasteiger partial charge in [-0.3, -0.25) is 9.59 Å². The monoisotopic (exact) mass is 399 g/mol. The zero-order chi connectivity index (χ0) is 20.5. The first-order valence-corrected chi connectivity index (χ1v) is 8.75. The molecule has 1 atom stereocenters. The van der Waals surface area contributed by atoms with Crippen LogP contribution in [-0.4, -0.2) is 30.4 Å². The van der Waals surface area contributed by atoms with Gasteiger partial charge in [-0.25, -0.2) is 4.79 Å². The van der Waals surface area contributed by atoms with Gasteiger partial charge in [-0.2, -0.15) is 5.26 Å². The Balaban J connectivity index is 1.78. The first-order chi connectivity index (χ1) is 13.4. The molecule has 0 aromatic heterocycles. The van der Waals surface area contributed by atoms with E-state index in [9.17, 15) is 14.4 Å². The van der Waals surface area contributed by atoms with E-state index in [1.807, 2.05) is 6.07 Å². The maximum Gasteiger partial charge on any atom is 0.328 e. The van der Waals surface area contributed by atoms with Crippen molar-refractivity contribution in [3.05, 3.63) is 64.7 Å². The minimum absolute atomic E-state index is 0.283. The second kappa shape index (κ2) is 10.1. The van der Waals surface area contributed by atoms with Gasteiger partial charge in [0.15, 0.2) is 6.61 Å². The zero-order valence-electron chi connectivity index (χ0n) is 15.1. The zero-order valence-corrected chi connectivity index (χ0v) is 15.8. The highest BCUT2D eigenvalue weighted by Crippen LogP contribution is 2.11. The van der Waals surface area contributed by atoms with E-state index in [1.54, 1.807) is 36.4 Å². The molecule has 2 aromatic carbocycles. The molecule has 7 nitrogen and oxygen atoms in total. The third-order valence-electron chi connectivity index (χ3n) is 3.67. The predicted octanol–water partition coefficient (Wildman–Crippen LogP) is 2.71. The van der Waals surface area contributed by atoms with Gasteiger partial charge in [0.2, 0.25) is 0 Å². The topological polar surface area (TPSA) is 108 Å². The number of hydrogen-bond acceptors (Lipinski definition) is 5. The second-order valence-corrected chi connectivity index (χ2v) is 6.33. The summed E-state index contributed by atoms with van der Waals surface area (Å²) in [7, 11) is 0. The number of amides is 2. The smallest absolute Gasteiger partial charge is 0.328 e. The van der Waals surface area contributed by atoms with Crippen LogP contribution in [0.5, 0.6) is 0 Å². The summed E-state index contributed by atoms with van der Waals surface area (Å²) in [6, 6.07) is 14.1. The lowest BCUT2D eigenvalue weighted by Crippen LogP contribution is -2.40. The minimum Gasteiger partial charge on any atom is -0.454 e. The molecule has 28 heavy (non-hydrogen) atoms. The fourth-order valence-corrected chi connectivity index (χ4v) is 2.32. The number of nitrogens with one attached hydrogen (secondary N) is 2. The van der Waals surface area contributed by atoms with Crippen molar-refractivity contribution >= 4 is 35.1 Å². The highest BCUT2D eigenvalue weighted by Gasteiger charge is 2.19. The fraction of sp³-hybridized carbons (Fsp3) is 0.200. The average Bonchev–Trinajstić information content (AvgIpc) is 2.68. The summed E-state index contributed by atoms with van der Waals surface area (Å²) in [5, 5.41) is 14.2. The number of rotatable bonds is 7. The van der Waals surface area contributed by atoms with Crippen LogP contribution in [0.4, 0.5) is 5.69 Å². The first-order valence-electron chi connectivity index (χ1n) is 8.38. The van der Waals surface area contributed by atoms with Crippen molar-refractivity contribution in [2.45, 2.75) is 19.4 Å². The molecule has 0 bridgehead atoms. The van der Waals surface area contributed by atoms with Crippen molar-refractivity contribution in [2.75, 3.05) is 11.9 Å². The molecule has 0 radical (unpaired) electrons. The van der Waals surface area contributed by atoms with Gasteiger partial charge in [-0.1, -0.05) is 23.7 Å². The lowest BCUT2D eigenvalue weighted by Gasteiger charge is -2.13. The molecule has 0 spiro atoms. The van der Waals surface area contributed by atoms with Crippen molar-refractivity contribution in [2.24, 2.45) is 0 Å². The predicted molar refractivity (Wildman–Crippen MR) is 104 cm³/mol. The van der Waals surface area contributed by atoms with Crippen LogP contribution in [0.15, 0.2) is 48.5 Å². The third kappa shape index (κ3) is 6.41. The van der Waals surface area contributed by atoms with Crippen molar-refractivity contribution in [3.8, 4) is 6.07 Å². The van der Waals surface area contributed by atoms with Crippen LogP contribution in [0.1, 0.15) is 22.8 Å². The van der Waals surface area contributed by atoms with Gasteiger partial charge in [0.1, 0.15) is 6.04 Å². The minimum atomic E-state index is -0.929. The number of nitrogens with zero attached hydrogens (tertiary/aromatic N) is 1. The van der Waals surface area contributed by atoms with Crippen LogP contribution < -0.4 is 10.6 Å². The number of anilines is 1. The van der Waals surface area contributed by atoms with Gasteiger partial charge >= 0.3 is 5.97 Å². The molecule has 0 saturated heterocycles. The van der Waals surface area contributed by atoms with Crippen molar-refractivity contribution in [3.63, 3.8) is 0 Å². The number of hydrogen-bond donors (Lipinski definition) is 2. The largest absolute Gasteiger partial charge is 0.454 e. The van der Waals surface area contributed by atoms with E-state index in [0.29, 0.717) is 16.3 Å². The summed E-state index contributed by atoms with van der Waals surface area (Å²) in [4.78, 5) is 35.9. The van der Waals surface area contributed by atoms with Gasteiger partial charge in [0.25, 0.3) is 11.8 Å². The molecule has 2 N–H and O–H groups in total. The van der Waals surface area contributed by atoms with E-state index < -0.39 is 30.4 Å². The van der Waals surface area contributed by atoms with E-state index in [0.717, 1.165) is 5.56 Å². The van der Waals surface area contributed by atoms with Gasteiger partial charge in [0, 0.05) is 16.3 Å². The number of nitriles is 1. The molecule has 0 heterocycles. The molecule has 0 aliphatic heterocycles. The molecular weight excluding hydrogens is 382 g/mol. The van der Waals surface area contributed by atoms with Crippen molar-refractivity contribution in [1.29, 1.82) is 5.26 Å². The van der Waals surface area contributed by atoms with Gasteiger partial charge < -0.3 is 15.4 Å². The van der Waals surface area contributed by atoms with Crippen LogP contribution in [0, 0.1) is 11.3 Å². The molecule has 2 aromatic rings. The van der Waals surface area contributed by atoms with Crippen molar-refractivity contribution in [1.82, 2.24) is 5.32 Å². The van der Waals surface area contributed by atoms with Crippen LogP contribution in [0.3, 0.4) is 0 Å². The molecule has 0 aliphatic carbocycles. The summed E-state index contributed by atoms with van der Waals surface area (Å²) >= 11 is 5.77. The molecular formula is C20H18ClN3O4. The highest BCUT2D eigenvalue weighted by molar-refractivity contribution is 6.30. The average molecular weight is 400 g/mol. The Morgan fingerprint density at radius 2 is 1.75 bits per heavy atom. The first kappa shape index (κ1) is 20.9. The molecule has 0 saturated carbocycles. The van der Waals surface area contributed by atoms with Crippen LogP contribution in [0.2, 0.25) is 5.02 Å². The maximum absolute atomic E-state index is 12.1. The van der Waals surface area contributed by atoms with Gasteiger partial charge in [-0.15, -0.1) is 0 Å². The standard InChI is InChI=1S/C20H18ClN3O4/c1-13(23-19(26)15-4-6-16(21)7-5-15)20(27)28-12-18(25)24-17-8-2-14(3-9-17)10-11-22/h2-9,13H,10,12H2,1H3,(H,23,26)(H,24,25)/t13-/m0/s1. The molecule has 0 unspecified atom stereocenters. The van der Waals surface area contributed by atoms with E-state index >= 15 is 0 Å². The quantitative estimate of drug-likeness (QED) is 0.696. The normalized spacial score (nSPS) is 11.0. The van der Waals surface area contributed by atoms with Crippen LogP contribution in [0.25, 0.3) is 0 Å². The van der Waals surface area contributed by atoms with Crippen LogP contribution >= 0.6 is 11.6 Å². The summed E-state index contributed by atoms with van der Waals surface area (Å²) in [6.07, 6.45) is 0.283. The Morgan fingerprint density at radius 1 is 1.11 bits per heavy atom. The molecule has 0 aliphatic rings. The van der Waals surface area contributed by atoms with Gasteiger partial charge in [-0.05, 0) is 48.9 Å². The second-order valence-electron chi connectivity index (χ2n) is 5.89. The number of benzene rings is 2. The maximum atomic E-state index is 12.1. The third-order valence-corrected chi connectivity index (χ3v) is 3.93. The van der Waals surface area contributed by atoms with E-state index in [1.165, 1.54) is 19.1 Å². The molecule has 8 heteroatoms. The Kier molecular flexibility index (Phi) is 7.55. The van der Waals surface area contributed by atoms with E-state index in [-0.39, 0.29) is 6.42 Å². The summed E-state index contributed by atoms with van der Waals surface area (Å²) in [5.41, 5.74) is 1.70. The number of carbonyl (C=O) groups is 3. The Labute approximate surface area is 167 Å². The van der Waals surface area contributed by atoms with Gasteiger partial charge in [0.05, 0.1) is 12.5 Å². The fourth-order valence-electron chi connectivity index (χ4n) is 2.20. The Bertz CT molecular complexity index is 889. The molecule has 0 fully saturated rings. The number of halogens is 1. The molecule has 144 valence electrons. The van der Waals surface area contributed by atoms with E-state index in [4.69, 9.17) is 21.6 Å². The summed E-state index contributed by atoms with van der Waals surface area (Å²) in [6.45, 7) is 0.974. The number of ether oxygens (including phenoxy) is 1. The Hall–Kier alpha value is -3.37. The van der Waals surface area contributed by atoms with E-state index in [2.05, 4.69) is 10.6 Å². The highest BCUT2D eigenvalue weighted by atomic mass is 35.5. The number of esters is 1. The summed E-state index contributed by atoms with van der Waals surface area (Å²) < 4.78 is 4.93. The Morgan fingerprint density at radius 3 is 2.36 bits per heavy atom. The number of carbonyl (C=O) groups excluding carboxylic acids is 3. The lowest BCUT2D eigenvalue weighted by atomic mass is 10.1. The lowest BCUT2D eigenvalue weighted by molar-refractivity contribution is -0.148. The molecule has 2 rings (SSSR count). The van der Waals surface area contributed by atoms with Crippen molar-refractivity contribution < 1.29 is 19.1 Å². The SMILES string of the molecule is C[C@H](NC(=O)c1ccc(Cl)cc1)C(=O)OCC(=O)Nc1ccc(CC#N)cc1. The van der Waals surface area contributed by atoms with Crippen LogP contribution in [-0.2, 0) is 20.7 Å².